The lowest BCUT2D eigenvalue weighted by atomic mass is 10.2. The summed E-state index contributed by atoms with van der Waals surface area (Å²) in [6.45, 7) is 5.78. The molecule has 0 radical (unpaired) electrons. The summed E-state index contributed by atoms with van der Waals surface area (Å²) in [4.78, 5) is 4.41. The van der Waals surface area contributed by atoms with Crippen molar-refractivity contribution in [1.29, 1.82) is 0 Å². The molecule has 2 N–H and O–H groups in total. The van der Waals surface area contributed by atoms with Gasteiger partial charge >= 0.3 is 0 Å². The topological polar surface area (TPSA) is 55.4 Å². The summed E-state index contributed by atoms with van der Waals surface area (Å²) in [5, 5.41) is 6.83. The van der Waals surface area contributed by atoms with Gasteiger partial charge in [-0.1, -0.05) is 6.07 Å². The van der Waals surface area contributed by atoms with E-state index in [9.17, 15) is 0 Å². The average molecular weight is 329 g/mol. The Kier molecular flexibility index (Phi) is 4.62. The van der Waals surface area contributed by atoms with Crippen molar-refractivity contribution < 1.29 is 9.47 Å². The highest BCUT2D eigenvalue weighted by molar-refractivity contribution is 7.80. The molecule has 0 fully saturated rings. The second-order valence-corrected chi connectivity index (χ2v) is 5.87. The maximum Gasteiger partial charge on any atom is 0.172 e. The second kappa shape index (κ2) is 6.83. The lowest BCUT2D eigenvalue weighted by Gasteiger charge is -2.19. The summed E-state index contributed by atoms with van der Waals surface area (Å²) < 4.78 is 11.1. The maximum atomic E-state index is 5.58. The molecule has 0 amide bonds. The Morgan fingerprint density at radius 1 is 1.13 bits per heavy atom. The summed E-state index contributed by atoms with van der Waals surface area (Å²) in [6.07, 6.45) is 0. The number of fused-ring (bicyclic) bond motifs is 1. The first-order chi connectivity index (χ1) is 11.1. The van der Waals surface area contributed by atoms with Gasteiger partial charge in [-0.25, -0.2) is 4.98 Å². The van der Waals surface area contributed by atoms with Crippen LogP contribution in [-0.2, 0) is 6.54 Å². The van der Waals surface area contributed by atoms with Crippen LogP contribution >= 0.6 is 12.2 Å². The first-order valence-electron chi connectivity index (χ1n) is 7.49. The molecule has 3 rings (SSSR count). The van der Waals surface area contributed by atoms with Crippen LogP contribution in [0.5, 0.6) is 11.5 Å². The predicted molar refractivity (Wildman–Crippen MR) is 94.2 cm³/mol. The van der Waals surface area contributed by atoms with Crippen LogP contribution in [0.4, 0.5) is 5.82 Å². The zero-order valence-corrected chi connectivity index (χ0v) is 14.0. The molecule has 0 aliphatic carbocycles. The number of thiocarbonyl (C=S) groups is 1. The molecule has 5 nitrogen and oxygen atoms in total. The third-order valence-electron chi connectivity index (χ3n) is 3.40. The van der Waals surface area contributed by atoms with Gasteiger partial charge in [0.25, 0.3) is 0 Å². The van der Waals surface area contributed by atoms with Gasteiger partial charge < -0.3 is 20.1 Å². The average Bonchev–Trinajstić information content (AvgIpc) is 2.52. The minimum atomic E-state index is 0.539. The molecule has 2 aromatic rings. The molecule has 0 spiro atoms. The van der Waals surface area contributed by atoms with Crippen molar-refractivity contribution in [2.75, 3.05) is 18.5 Å². The smallest absolute Gasteiger partial charge is 0.172 e. The fraction of sp³-hybridized carbons (Fsp3) is 0.294. The van der Waals surface area contributed by atoms with E-state index in [1.165, 1.54) is 0 Å². The molecule has 2 heterocycles. The standard InChI is InChI=1S/C17H19N3O2S/c1-11-7-12(2)19-16(8-11)20-17(23)18-10-13-3-4-14-15(9-13)22-6-5-21-14/h3-4,7-9H,5-6,10H2,1-2H3,(H2,18,19,20,23). The highest BCUT2D eigenvalue weighted by atomic mass is 32.1. The Labute approximate surface area is 141 Å². The van der Waals surface area contributed by atoms with Crippen LogP contribution in [0.25, 0.3) is 0 Å². The largest absolute Gasteiger partial charge is 0.486 e. The van der Waals surface area contributed by atoms with E-state index in [1.54, 1.807) is 0 Å². The molecule has 6 heteroatoms. The number of rotatable bonds is 3. The van der Waals surface area contributed by atoms with Crippen molar-refractivity contribution in [1.82, 2.24) is 10.3 Å². The number of hydrogen-bond donors (Lipinski definition) is 2. The maximum absolute atomic E-state index is 5.58. The SMILES string of the molecule is Cc1cc(C)nc(NC(=S)NCc2ccc3c(c2)OCCO3)c1. The Hall–Kier alpha value is -2.34. The predicted octanol–water partition coefficient (Wildman–Crippen LogP) is 2.96. The van der Waals surface area contributed by atoms with Crippen molar-refractivity contribution in [3.05, 3.63) is 47.2 Å². The summed E-state index contributed by atoms with van der Waals surface area (Å²) in [5.74, 6) is 2.33. The third-order valence-corrected chi connectivity index (χ3v) is 3.65. The molecule has 0 saturated heterocycles. The fourth-order valence-electron chi connectivity index (χ4n) is 2.45. The van der Waals surface area contributed by atoms with Gasteiger partial charge in [0, 0.05) is 12.2 Å². The van der Waals surface area contributed by atoms with Gasteiger partial charge in [0.1, 0.15) is 19.0 Å². The molecular formula is C17H19N3O2S. The van der Waals surface area contributed by atoms with E-state index in [0.717, 1.165) is 34.1 Å². The number of pyridine rings is 1. The minimum Gasteiger partial charge on any atom is -0.486 e. The molecular weight excluding hydrogens is 310 g/mol. The van der Waals surface area contributed by atoms with E-state index < -0.39 is 0 Å². The Morgan fingerprint density at radius 2 is 1.91 bits per heavy atom. The molecule has 1 aromatic carbocycles. The molecule has 1 aliphatic rings. The van der Waals surface area contributed by atoms with E-state index in [0.29, 0.717) is 24.9 Å². The van der Waals surface area contributed by atoms with E-state index in [-0.39, 0.29) is 0 Å². The van der Waals surface area contributed by atoms with Crippen molar-refractivity contribution in [3.8, 4) is 11.5 Å². The van der Waals surface area contributed by atoms with Crippen LogP contribution in [0.1, 0.15) is 16.8 Å². The number of ether oxygens (including phenoxy) is 2. The Balaban J connectivity index is 1.58. The zero-order valence-electron chi connectivity index (χ0n) is 13.2. The van der Waals surface area contributed by atoms with Crippen LogP contribution in [0.2, 0.25) is 0 Å². The Morgan fingerprint density at radius 3 is 2.70 bits per heavy atom. The lowest BCUT2D eigenvalue weighted by molar-refractivity contribution is 0.171. The van der Waals surface area contributed by atoms with Gasteiger partial charge in [-0.2, -0.15) is 0 Å². The molecule has 0 saturated carbocycles. The van der Waals surface area contributed by atoms with Gasteiger partial charge in [-0.05, 0) is 61.5 Å². The van der Waals surface area contributed by atoms with E-state index in [4.69, 9.17) is 21.7 Å². The zero-order chi connectivity index (χ0) is 16.2. The van der Waals surface area contributed by atoms with Crippen molar-refractivity contribution in [2.24, 2.45) is 0 Å². The van der Waals surface area contributed by atoms with E-state index >= 15 is 0 Å². The molecule has 120 valence electrons. The molecule has 23 heavy (non-hydrogen) atoms. The second-order valence-electron chi connectivity index (χ2n) is 5.46. The number of hydrogen-bond acceptors (Lipinski definition) is 4. The van der Waals surface area contributed by atoms with Gasteiger partial charge in [0.15, 0.2) is 16.6 Å². The normalized spacial score (nSPS) is 12.6. The number of aryl methyl sites for hydroxylation is 2. The quantitative estimate of drug-likeness (QED) is 0.845. The first kappa shape index (κ1) is 15.6. The third kappa shape index (κ3) is 4.10. The molecule has 1 aromatic heterocycles. The molecule has 1 aliphatic heterocycles. The van der Waals surface area contributed by atoms with Gasteiger partial charge in [0.2, 0.25) is 0 Å². The first-order valence-corrected chi connectivity index (χ1v) is 7.90. The monoisotopic (exact) mass is 329 g/mol. The Bertz CT molecular complexity index is 714. The summed E-state index contributed by atoms with van der Waals surface area (Å²) >= 11 is 5.32. The number of anilines is 1. The van der Waals surface area contributed by atoms with E-state index in [1.807, 2.05) is 44.2 Å². The van der Waals surface area contributed by atoms with Crippen LogP contribution < -0.4 is 20.1 Å². The fourth-order valence-corrected chi connectivity index (χ4v) is 2.62. The number of nitrogens with zero attached hydrogens (tertiary/aromatic N) is 1. The van der Waals surface area contributed by atoms with Crippen molar-refractivity contribution in [2.45, 2.75) is 20.4 Å². The van der Waals surface area contributed by atoms with Crippen molar-refractivity contribution >= 4 is 23.1 Å². The van der Waals surface area contributed by atoms with Gasteiger partial charge in [0.05, 0.1) is 0 Å². The van der Waals surface area contributed by atoms with Crippen LogP contribution in [0, 0.1) is 13.8 Å². The molecule has 0 atom stereocenters. The lowest BCUT2D eigenvalue weighted by Crippen LogP contribution is -2.28. The van der Waals surface area contributed by atoms with Crippen LogP contribution in [-0.4, -0.2) is 23.3 Å². The number of benzene rings is 1. The van der Waals surface area contributed by atoms with Crippen LogP contribution in [0.15, 0.2) is 30.3 Å². The van der Waals surface area contributed by atoms with E-state index in [2.05, 4.69) is 15.6 Å². The highest BCUT2D eigenvalue weighted by Crippen LogP contribution is 2.30. The minimum absolute atomic E-state index is 0.539. The van der Waals surface area contributed by atoms with Crippen LogP contribution in [0.3, 0.4) is 0 Å². The highest BCUT2D eigenvalue weighted by Gasteiger charge is 2.11. The summed E-state index contributed by atoms with van der Waals surface area (Å²) in [7, 11) is 0. The summed E-state index contributed by atoms with van der Waals surface area (Å²) in [5.41, 5.74) is 3.18. The number of nitrogens with one attached hydrogen (secondary N) is 2. The molecule has 0 unspecified atom stereocenters. The van der Waals surface area contributed by atoms with Gasteiger partial charge in [-0.15, -0.1) is 0 Å². The van der Waals surface area contributed by atoms with Gasteiger partial charge in [-0.3, -0.25) is 0 Å². The molecule has 0 bridgehead atoms. The van der Waals surface area contributed by atoms with Crippen molar-refractivity contribution in [3.63, 3.8) is 0 Å². The number of aromatic nitrogens is 1. The summed E-state index contributed by atoms with van der Waals surface area (Å²) in [6, 6.07) is 9.88.